The highest BCUT2D eigenvalue weighted by atomic mass is 15.0. The van der Waals surface area contributed by atoms with Crippen LogP contribution in [0.3, 0.4) is 0 Å². The molecule has 0 radical (unpaired) electrons. The van der Waals surface area contributed by atoms with Gasteiger partial charge in [-0.25, -0.2) is 4.98 Å². The van der Waals surface area contributed by atoms with Crippen molar-refractivity contribution in [2.45, 2.75) is 12.1 Å². The van der Waals surface area contributed by atoms with Crippen LogP contribution in [0.5, 0.6) is 0 Å². The lowest BCUT2D eigenvalue weighted by atomic mass is 9.92. The molecule has 2 unspecified atom stereocenters. The highest BCUT2D eigenvalue weighted by Gasteiger charge is 2.24. The molecule has 2 aliphatic rings. The van der Waals surface area contributed by atoms with E-state index in [9.17, 15) is 0 Å². The lowest BCUT2D eigenvalue weighted by molar-refractivity contribution is 0.788. The first-order valence-electron chi connectivity index (χ1n) is 16.6. The van der Waals surface area contributed by atoms with Gasteiger partial charge in [0.2, 0.25) is 0 Å². The Morgan fingerprint density at radius 1 is 0.458 bits per heavy atom. The number of benzene rings is 7. The first kappa shape index (κ1) is 27.0. The Hall–Kier alpha value is -6.19. The van der Waals surface area contributed by atoms with Gasteiger partial charge in [0, 0.05) is 27.7 Å². The topological polar surface area (TPSA) is 37.0 Å². The predicted molar refractivity (Wildman–Crippen MR) is 204 cm³/mol. The lowest BCUT2D eigenvalue weighted by Gasteiger charge is -2.32. The summed E-state index contributed by atoms with van der Waals surface area (Å²) >= 11 is 0. The van der Waals surface area contributed by atoms with E-state index in [-0.39, 0.29) is 12.1 Å². The quantitative estimate of drug-likeness (QED) is 0.195. The smallest absolute Gasteiger partial charge is 0.0715 e. The Bertz CT molecular complexity index is 2650. The van der Waals surface area contributed by atoms with Gasteiger partial charge < -0.3 is 10.6 Å². The van der Waals surface area contributed by atoms with Gasteiger partial charge >= 0.3 is 0 Å². The summed E-state index contributed by atoms with van der Waals surface area (Å²) in [5, 5.41) is 16.4. The van der Waals surface area contributed by atoms with Crippen LogP contribution in [0.15, 0.2) is 152 Å². The van der Waals surface area contributed by atoms with Crippen LogP contribution in [0.25, 0.3) is 77.8 Å². The van der Waals surface area contributed by atoms with Crippen LogP contribution >= 0.6 is 0 Å². The molecule has 3 heteroatoms. The van der Waals surface area contributed by atoms with E-state index in [1.165, 1.54) is 60.3 Å². The summed E-state index contributed by atoms with van der Waals surface area (Å²) in [4.78, 5) is 5.22. The molecule has 3 heterocycles. The van der Waals surface area contributed by atoms with Crippen LogP contribution in [-0.2, 0) is 0 Å². The monoisotopic (exact) mass is 613 g/mol. The van der Waals surface area contributed by atoms with E-state index in [1.807, 2.05) is 0 Å². The maximum atomic E-state index is 5.22. The van der Waals surface area contributed by atoms with Crippen LogP contribution in [0.2, 0.25) is 0 Å². The first-order valence-corrected chi connectivity index (χ1v) is 16.6. The van der Waals surface area contributed by atoms with E-state index in [2.05, 4.69) is 174 Å². The van der Waals surface area contributed by atoms with E-state index in [0.717, 1.165) is 27.8 Å². The average molecular weight is 614 g/mol. The Kier molecular flexibility index (Phi) is 6.00. The van der Waals surface area contributed by atoms with E-state index in [4.69, 9.17) is 4.98 Å². The number of pyridine rings is 1. The number of anilines is 2. The maximum Gasteiger partial charge on any atom is 0.0715 e. The molecule has 2 atom stereocenters. The number of hydrogen-bond donors (Lipinski definition) is 2. The molecule has 0 amide bonds. The molecule has 2 N–H and O–H groups in total. The number of nitrogens with one attached hydrogen (secondary N) is 2. The molecular weight excluding hydrogens is 583 g/mol. The van der Waals surface area contributed by atoms with Crippen molar-refractivity contribution in [2.75, 3.05) is 10.6 Å². The summed E-state index contributed by atoms with van der Waals surface area (Å²) in [6.45, 7) is 0. The lowest BCUT2D eigenvalue weighted by Crippen LogP contribution is -2.38. The summed E-state index contributed by atoms with van der Waals surface area (Å²) in [6, 6.07) is 50.5. The van der Waals surface area contributed by atoms with E-state index < -0.39 is 0 Å². The fraction of sp³-hybridized carbons (Fsp3) is 0.0444. The second-order valence-corrected chi connectivity index (χ2v) is 12.9. The molecule has 1 aromatic heterocycles. The highest BCUT2D eigenvalue weighted by Crippen LogP contribution is 2.38. The van der Waals surface area contributed by atoms with Gasteiger partial charge in [0.25, 0.3) is 0 Å². The van der Waals surface area contributed by atoms with Gasteiger partial charge in [-0.2, -0.15) is 0 Å². The van der Waals surface area contributed by atoms with Crippen LogP contribution in [-0.4, -0.2) is 17.1 Å². The van der Waals surface area contributed by atoms with Crippen LogP contribution < -0.4 is 10.6 Å². The molecule has 10 rings (SSSR count). The Balaban J connectivity index is 0.981. The van der Waals surface area contributed by atoms with E-state index in [0.29, 0.717) is 0 Å². The second-order valence-electron chi connectivity index (χ2n) is 12.9. The molecule has 3 nitrogen and oxygen atoms in total. The third kappa shape index (κ3) is 4.39. The van der Waals surface area contributed by atoms with Crippen molar-refractivity contribution in [3.05, 3.63) is 163 Å². The van der Waals surface area contributed by atoms with E-state index >= 15 is 0 Å². The van der Waals surface area contributed by atoms with Gasteiger partial charge in [0.1, 0.15) is 0 Å². The summed E-state index contributed by atoms with van der Waals surface area (Å²) in [5.74, 6) is 0. The van der Waals surface area contributed by atoms with Crippen molar-refractivity contribution in [3.63, 3.8) is 0 Å². The van der Waals surface area contributed by atoms with Crippen LogP contribution in [0, 0.1) is 0 Å². The van der Waals surface area contributed by atoms with Gasteiger partial charge in [-0.3, -0.25) is 0 Å². The van der Waals surface area contributed by atoms with Gasteiger partial charge in [-0.15, -0.1) is 0 Å². The Labute approximate surface area is 278 Å². The molecule has 226 valence electrons. The van der Waals surface area contributed by atoms with Crippen molar-refractivity contribution in [1.29, 1.82) is 0 Å². The van der Waals surface area contributed by atoms with Crippen LogP contribution in [0.4, 0.5) is 11.4 Å². The van der Waals surface area contributed by atoms with Crippen molar-refractivity contribution in [1.82, 2.24) is 4.98 Å². The summed E-state index contributed by atoms with van der Waals surface area (Å²) < 4.78 is 0. The van der Waals surface area contributed by atoms with Crippen LogP contribution in [0.1, 0.15) is 11.1 Å². The highest BCUT2D eigenvalue weighted by molar-refractivity contribution is 6.14. The van der Waals surface area contributed by atoms with Gasteiger partial charge in [0.15, 0.2) is 0 Å². The molecule has 7 aromatic carbocycles. The SMILES string of the molecule is C1=CC(C2C=Cc3ccc4ccccc4c3N2)Nc2cc(-c3ccc4ccc(-c5cc6ccccc6c6ccccc56)cc4n3)ccc21. The summed E-state index contributed by atoms with van der Waals surface area (Å²) in [5.41, 5.74) is 10.2. The molecule has 2 aliphatic heterocycles. The summed E-state index contributed by atoms with van der Waals surface area (Å²) in [7, 11) is 0. The van der Waals surface area contributed by atoms with Gasteiger partial charge in [0.05, 0.1) is 23.3 Å². The van der Waals surface area contributed by atoms with Gasteiger partial charge in [-0.1, -0.05) is 140 Å². The zero-order valence-corrected chi connectivity index (χ0v) is 26.2. The fourth-order valence-corrected chi connectivity index (χ4v) is 7.59. The zero-order valence-electron chi connectivity index (χ0n) is 26.2. The Morgan fingerprint density at radius 3 is 2.02 bits per heavy atom. The molecular formula is C45H31N3. The Morgan fingerprint density at radius 2 is 1.12 bits per heavy atom. The molecule has 0 aliphatic carbocycles. The largest absolute Gasteiger partial charge is 0.376 e. The first-order chi connectivity index (χ1) is 23.7. The molecule has 0 bridgehead atoms. The minimum atomic E-state index is 0.111. The average Bonchev–Trinajstić information content (AvgIpc) is 3.16. The molecule has 0 saturated heterocycles. The minimum absolute atomic E-state index is 0.111. The van der Waals surface area contributed by atoms with Crippen molar-refractivity contribution < 1.29 is 0 Å². The van der Waals surface area contributed by atoms with E-state index in [1.54, 1.807) is 0 Å². The molecule has 0 saturated carbocycles. The minimum Gasteiger partial charge on any atom is -0.376 e. The maximum absolute atomic E-state index is 5.22. The number of hydrogen-bond acceptors (Lipinski definition) is 3. The molecule has 8 aromatic rings. The number of rotatable bonds is 3. The fourth-order valence-electron chi connectivity index (χ4n) is 7.59. The molecule has 0 spiro atoms. The normalized spacial score (nSPS) is 16.5. The third-order valence-corrected chi connectivity index (χ3v) is 10.1. The predicted octanol–water partition coefficient (Wildman–Crippen LogP) is 11.3. The van der Waals surface area contributed by atoms with Crippen molar-refractivity contribution in [3.8, 4) is 22.4 Å². The zero-order chi connectivity index (χ0) is 31.6. The van der Waals surface area contributed by atoms with Gasteiger partial charge in [-0.05, 0) is 73.5 Å². The number of fused-ring (bicyclic) bond motifs is 8. The van der Waals surface area contributed by atoms with Crippen molar-refractivity contribution in [2.24, 2.45) is 0 Å². The summed E-state index contributed by atoms with van der Waals surface area (Å²) in [6.07, 6.45) is 9.03. The number of aromatic nitrogens is 1. The van der Waals surface area contributed by atoms with Crippen molar-refractivity contribution >= 4 is 66.7 Å². The number of nitrogens with zero attached hydrogens (tertiary/aromatic N) is 1. The molecule has 48 heavy (non-hydrogen) atoms. The second kappa shape index (κ2) is 10.7. The molecule has 0 fully saturated rings. The standard InChI is InChI=1S/C45H31N3/c1-4-10-36-28(7-1)13-16-31-21-24-42(48-45(31)36)41-23-20-30-15-18-34(27-44(30)47-41)40-22-19-29-14-17-33(26-43(29)46-40)39-25-32-8-2-3-9-35(32)37-11-5-6-12-38(37)39/h1-27,41-42,47-48H. The third-order valence-electron chi connectivity index (χ3n) is 10.1.